The highest BCUT2D eigenvalue weighted by Gasteiger charge is 2.19. The van der Waals surface area contributed by atoms with Crippen molar-refractivity contribution in [1.82, 2.24) is 0 Å². The van der Waals surface area contributed by atoms with Gasteiger partial charge in [-0.1, -0.05) is 95.2 Å². The van der Waals surface area contributed by atoms with Crippen molar-refractivity contribution in [2.45, 2.75) is 0 Å². The van der Waals surface area contributed by atoms with Gasteiger partial charge in [-0.2, -0.15) is 0 Å². The van der Waals surface area contributed by atoms with E-state index in [1.54, 1.807) is 0 Å². The first-order chi connectivity index (χ1) is 12.8. The number of hydrogen-bond donors (Lipinski definition) is 2. The normalized spacial score (nSPS) is 12.6. The van der Waals surface area contributed by atoms with E-state index in [4.69, 9.17) is 0 Å². The smallest absolute Gasteiger partial charge is 0.140 e. The second kappa shape index (κ2) is 6.69. The molecular weight excluding hydrogens is 324 g/mol. The van der Waals surface area contributed by atoms with Gasteiger partial charge in [-0.05, 0) is 21.5 Å². The lowest BCUT2D eigenvalue weighted by Crippen LogP contribution is -2.18. The standard InChI is InChI=1S/C22H16N2O2/c25-23-21(19-13-5-9-15-7-1-3-11-17(15)19)22(24-26)20-14-6-10-16-8-2-4-12-18(16)20/h1-14,25-26H. The van der Waals surface area contributed by atoms with Crippen LogP contribution >= 0.6 is 0 Å². The minimum absolute atomic E-state index is 0.223. The van der Waals surface area contributed by atoms with Crippen molar-refractivity contribution in [2.75, 3.05) is 0 Å². The molecule has 0 saturated carbocycles. The first-order valence-corrected chi connectivity index (χ1v) is 8.24. The Bertz CT molecular complexity index is 1060. The van der Waals surface area contributed by atoms with Gasteiger partial charge in [0.1, 0.15) is 11.4 Å². The quantitative estimate of drug-likeness (QED) is 0.311. The van der Waals surface area contributed by atoms with Gasteiger partial charge < -0.3 is 10.4 Å². The molecule has 0 aromatic heterocycles. The minimum Gasteiger partial charge on any atom is -0.410 e. The van der Waals surface area contributed by atoms with Crippen molar-refractivity contribution in [1.29, 1.82) is 0 Å². The van der Waals surface area contributed by atoms with Gasteiger partial charge in [-0.15, -0.1) is 0 Å². The highest BCUT2D eigenvalue weighted by molar-refractivity contribution is 6.56. The fraction of sp³-hybridized carbons (Fsp3) is 0. The maximum absolute atomic E-state index is 9.77. The number of oxime groups is 2. The second-order valence-corrected chi connectivity index (χ2v) is 5.95. The van der Waals surface area contributed by atoms with E-state index in [1.807, 2.05) is 84.9 Å². The van der Waals surface area contributed by atoms with E-state index in [1.165, 1.54) is 0 Å². The molecule has 4 rings (SSSR count). The number of hydrogen-bond acceptors (Lipinski definition) is 4. The number of nitrogens with zero attached hydrogens (tertiary/aromatic N) is 2. The van der Waals surface area contributed by atoms with Gasteiger partial charge in [0, 0.05) is 11.1 Å². The predicted molar refractivity (Wildman–Crippen MR) is 105 cm³/mol. The van der Waals surface area contributed by atoms with Crippen LogP contribution in [0.15, 0.2) is 95.2 Å². The molecule has 0 saturated heterocycles. The molecule has 4 nitrogen and oxygen atoms in total. The molecule has 0 heterocycles. The zero-order valence-corrected chi connectivity index (χ0v) is 13.9. The zero-order valence-electron chi connectivity index (χ0n) is 13.9. The van der Waals surface area contributed by atoms with Crippen LogP contribution in [0.5, 0.6) is 0 Å². The Kier molecular flexibility index (Phi) is 4.07. The average molecular weight is 340 g/mol. The van der Waals surface area contributed by atoms with Gasteiger partial charge >= 0.3 is 0 Å². The van der Waals surface area contributed by atoms with E-state index in [0.717, 1.165) is 21.5 Å². The third-order valence-electron chi connectivity index (χ3n) is 4.51. The molecule has 2 N–H and O–H groups in total. The molecular formula is C22H16N2O2. The lowest BCUT2D eigenvalue weighted by atomic mass is 9.92. The van der Waals surface area contributed by atoms with Crippen LogP contribution in [0.1, 0.15) is 11.1 Å². The molecule has 0 amide bonds. The van der Waals surface area contributed by atoms with Crippen molar-refractivity contribution in [3.63, 3.8) is 0 Å². The van der Waals surface area contributed by atoms with Crippen LogP contribution in [0.2, 0.25) is 0 Å². The lowest BCUT2D eigenvalue weighted by Gasteiger charge is -2.12. The fourth-order valence-electron chi connectivity index (χ4n) is 3.32. The molecule has 0 aliphatic heterocycles. The molecule has 0 radical (unpaired) electrons. The molecule has 4 aromatic rings. The molecule has 0 aliphatic carbocycles. The molecule has 0 fully saturated rings. The highest BCUT2D eigenvalue weighted by Crippen LogP contribution is 2.24. The zero-order chi connectivity index (χ0) is 17.9. The average Bonchev–Trinajstić information content (AvgIpc) is 2.71. The van der Waals surface area contributed by atoms with Crippen molar-refractivity contribution in [2.24, 2.45) is 10.3 Å². The number of rotatable bonds is 3. The third-order valence-corrected chi connectivity index (χ3v) is 4.51. The van der Waals surface area contributed by atoms with Crippen LogP contribution in [0.3, 0.4) is 0 Å². The minimum atomic E-state index is 0.223. The fourth-order valence-corrected chi connectivity index (χ4v) is 3.32. The Labute approximate surface area is 150 Å². The maximum atomic E-state index is 9.77. The predicted octanol–water partition coefficient (Wildman–Crippen LogP) is 5.05. The summed E-state index contributed by atoms with van der Waals surface area (Å²) < 4.78 is 0. The van der Waals surface area contributed by atoms with Crippen LogP contribution in [0, 0.1) is 0 Å². The first kappa shape index (κ1) is 15.8. The van der Waals surface area contributed by atoms with Crippen LogP contribution in [-0.4, -0.2) is 21.8 Å². The number of fused-ring (bicyclic) bond motifs is 2. The number of benzene rings is 4. The molecule has 0 atom stereocenters. The molecule has 0 spiro atoms. The Morgan fingerprint density at radius 2 is 0.885 bits per heavy atom. The summed E-state index contributed by atoms with van der Waals surface area (Å²) >= 11 is 0. The molecule has 26 heavy (non-hydrogen) atoms. The highest BCUT2D eigenvalue weighted by atomic mass is 16.4. The molecule has 126 valence electrons. The van der Waals surface area contributed by atoms with E-state index >= 15 is 0 Å². The lowest BCUT2D eigenvalue weighted by molar-refractivity contribution is 0.314. The van der Waals surface area contributed by atoms with Gasteiger partial charge in [-0.3, -0.25) is 0 Å². The van der Waals surface area contributed by atoms with Crippen molar-refractivity contribution < 1.29 is 10.4 Å². The van der Waals surface area contributed by atoms with Crippen LogP contribution < -0.4 is 0 Å². The summed E-state index contributed by atoms with van der Waals surface area (Å²) in [6, 6.07) is 27.1. The third kappa shape index (κ3) is 2.58. The second-order valence-electron chi connectivity index (χ2n) is 5.95. The Morgan fingerprint density at radius 3 is 1.31 bits per heavy atom. The van der Waals surface area contributed by atoms with Gasteiger partial charge in [-0.25, -0.2) is 0 Å². The molecule has 4 heteroatoms. The van der Waals surface area contributed by atoms with E-state index in [2.05, 4.69) is 10.3 Å². The SMILES string of the molecule is ON=C(C(=NO)c1cccc2ccccc12)c1cccc2ccccc12. The summed E-state index contributed by atoms with van der Waals surface area (Å²) in [5, 5.41) is 30.4. The van der Waals surface area contributed by atoms with Crippen molar-refractivity contribution in [3.05, 3.63) is 96.1 Å². The van der Waals surface area contributed by atoms with E-state index in [9.17, 15) is 10.4 Å². The summed E-state index contributed by atoms with van der Waals surface area (Å²) in [5.41, 5.74) is 1.85. The van der Waals surface area contributed by atoms with Crippen LogP contribution in [-0.2, 0) is 0 Å². The van der Waals surface area contributed by atoms with E-state index in [0.29, 0.717) is 11.1 Å². The summed E-state index contributed by atoms with van der Waals surface area (Å²) in [5.74, 6) is 0. The molecule has 0 aliphatic rings. The van der Waals surface area contributed by atoms with Gasteiger partial charge in [0.2, 0.25) is 0 Å². The van der Waals surface area contributed by atoms with Crippen LogP contribution in [0.4, 0.5) is 0 Å². The van der Waals surface area contributed by atoms with Crippen molar-refractivity contribution in [3.8, 4) is 0 Å². The molecule has 4 aromatic carbocycles. The maximum Gasteiger partial charge on any atom is 0.140 e. The summed E-state index contributed by atoms with van der Waals surface area (Å²) in [7, 11) is 0. The summed E-state index contributed by atoms with van der Waals surface area (Å²) in [6.07, 6.45) is 0. The topological polar surface area (TPSA) is 65.2 Å². The first-order valence-electron chi connectivity index (χ1n) is 8.24. The van der Waals surface area contributed by atoms with Crippen molar-refractivity contribution >= 4 is 33.0 Å². The van der Waals surface area contributed by atoms with Crippen LogP contribution in [0.25, 0.3) is 21.5 Å². The Morgan fingerprint density at radius 1 is 0.500 bits per heavy atom. The van der Waals surface area contributed by atoms with Gasteiger partial charge in [0.15, 0.2) is 0 Å². The van der Waals surface area contributed by atoms with Gasteiger partial charge in [0.05, 0.1) is 0 Å². The van der Waals surface area contributed by atoms with E-state index in [-0.39, 0.29) is 11.4 Å². The summed E-state index contributed by atoms with van der Waals surface area (Å²) in [4.78, 5) is 0. The molecule has 0 bridgehead atoms. The monoisotopic (exact) mass is 340 g/mol. The Hall–Kier alpha value is -3.66. The van der Waals surface area contributed by atoms with E-state index < -0.39 is 0 Å². The molecule has 0 unspecified atom stereocenters. The van der Waals surface area contributed by atoms with Gasteiger partial charge in [0.25, 0.3) is 0 Å². The largest absolute Gasteiger partial charge is 0.410 e. The summed E-state index contributed by atoms with van der Waals surface area (Å²) in [6.45, 7) is 0. The Balaban J connectivity index is 1.95.